The minimum Gasteiger partial charge on any atom is -0.469 e. The molecule has 0 unspecified atom stereocenters. The summed E-state index contributed by atoms with van der Waals surface area (Å²) in [7, 11) is 1.39. The number of rotatable bonds is 5. The van der Waals surface area contributed by atoms with Gasteiger partial charge in [-0.2, -0.15) is 0 Å². The van der Waals surface area contributed by atoms with Gasteiger partial charge in [-0.1, -0.05) is 6.07 Å². The number of pyridine rings is 1. The van der Waals surface area contributed by atoms with Crippen molar-refractivity contribution in [2.24, 2.45) is 5.41 Å². The minimum atomic E-state index is -0.550. The maximum Gasteiger partial charge on any atom is 0.313 e. The molecule has 0 aliphatic carbocycles. The first-order valence-corrected chi connectivity index (χ1v) is 7.31. The van der Waals surface area contributed by atoms with Crippen molar-refractivity contribution in [2.75, 3.05) is 20.2 Å². The number of aromatic nitrogens is 1. The van der Waals surface area contributed by atoms with Gasteiger partial charge in [0.1, 0.15) is 0 Å². The van der Waals surface area contributed by atoms with E-state index in [-0.39, 0.29) is 11.9 Å². The van der Waals surface area contributed by atoms with Crippen molar-refractivity contribution < 1.29 is 14.3 Å². The second kappa shape index (κ2) is 6.70. The highest BCUT2D eigenvalue weighted by molar-refractivity contribution is 5.81. The average Bonchev–Trinajstić information content (AvgIpc) is 2.91. The average molecular weight is 290 g/mol. The van der Waals surface area contributed by atoms with E-state index in [1.54, 1.807) is 11.1 Å². The zero-order chi connectivity index (χ0) is 15.3. The standard InChI is InChI=1S/C16H22N2O3/c1-16(15(20)21-2)9-11-18(12-16)14(19)8-5-7-13-6-3-4-10-17-13/h3-4,6,10H,5,7-9,11-12H2,1-2H3/t16-/m1/s1. The molecule has 5 nitrogen and oxygen atoms in total. The van der Waals surface area contributed by atoms with Crippen LogP contribution in [-0.4, -0.2) is 42.0 Å². The number of hydrogen-bond donors (Lipinski definition) is 0. The lowest BCUT2D eigenvalue weighted by atomic mass is 9.90. The highest BCUT2D eigenvalue weighted by atomic mass is 16.5. The van der Waals surface area contributed by atoms with Crippen LogP contribution in [-0.2, 0) is 20.7 Å². The molecule has 1 aliphatic heterocycles. The first-order valence-electron chi connectivity index (χ1n) is 7.31. The van der Waals surface area contributed by atoms with E-state index in [0.717, 1.165) is 18.5 Å². The third-order valence-electron chi connectivity index (χ3n) is 4.05. The van der Waals surface area contributed by atoms with E-state index in [2.05, 4.69) is 4.98 Å². The largest absolute Gasteiger partial charge is 0.469 e. The monoisotopic (exact) mass is 290 g/mol. The Balaban J connectivity index is 1.78. The predicted octanol–water partition coefficient (Wildman–Crippen LogP) is 1.82. The van der Waals surface area contributed by atoms with E-state index >= 15 is 0 Å². The molecule has 0 N–H and O–H groups in total. The van der Waals surface area contributed by atoms with Crippen LogP contribution in [0.2, 0.25) is 0 Å². The third-order valence-corrected chi connectivity index (χ3v) is 4.05. The molecule has 0 bridgehead atoms. The van der Waals surface area contributed by atoms with Gasteiger partial charge in [0.15, 0.2) is 0 Å². The van der Waals surface area contributed by atoms with Gasteiger partial charge >= 0.3 is 5.97 Å². The Morgan fingerprint density at radius 1 is 1.43 bits per heavy atom. The van der Waals surface area contributed by atoms with Crippen molar-refractivity contribution in [3.63, 3.8) is 0 Å². The maximum atomic E-state index is 12.2. The van der Waals surface area contributed by atoms with Gasteiger partial charge in [0, 0.05) is 31.4 Å². The molecule has 21 heavy (non-hydrogen) atoms. The van der Waals surface area contributed by atoms with Crippen LogP contribution in [0.1, 0.15) is 31.9 Å². The highest BCUT2D eigenvalue weighted by Gasteiger charge is 2.42. The molecule has 1 atom stereocenters. The van der Waals surface area contributed by atoms with Crippen LogP contribution < -0.4 is 0 Å². The minimum absolute atomic E-state index is 0.110. The number of likely N-dealkylation sites (tertiary alicyclic amines) is 1. The molecule has 0 saturated carbocycles. The van der Waals surface area contributed by atoms with Crippen LogP contribution in [0.5, 0.6) is 0 Å². The Morgan fingerprint density at radius 3 is 2.90 bits per heavy atom. The quantitative estimate of drug-likeness (QED) is 0.776. The number of hydrogen-bond acceptors (Lipinski definition) is 4. The number of carbonyl (C=O) groups excluding carboxylic acids is 2. The van der Waals surface area contributed by atoms with Crippen molar-refractivity contribution in [3.05, 3.63) is 30.1 Å². The van der Waals surface area contributed by atoms with Crippen LogP contribution >= 0.6 is 0 Å². The molecular formula is C16H22N2O3. The molecule has 114 valence electrons. The second-order valence-electron chi connectivity index (χ2n) is 5.79. The summed E-state index contributed by atoms with van der Waals surface area (Å²) >= 11 is 0. The number of methoxy groups -OCH3 is 1. The number of nitrogens with zero attached hydrogens (tertiary/aromatic N) is 2. The van der Waals surface area contributed by atoms with Crippen molar-refractivity contribution in [3.8, 4) is 0 Å². The van der Waals surface area contributed by atoms with Gasteiger partial charge in [-0.25, -0.2) is 0 Å². The first kappa shape index (κ1) is 15.5. The fourth-order valence-electron chi connectivity index (χ4n) is 2.71. The Hall–Kier alpha value is -1.91. The molecule has 1 aromatic heterocycles. The summed E-state index contributed by atoms with van der Waals surface area (Å²) in [6.07, 6.45) is 4.51. The van der Waals surface area contributed by atoms with Gasteiger partial charge in [0.2, 0.25) is 5.91 Å². The summed E-state index contributed by atoms with van der Waals surface area (Å²) in [5, 5.41) is 0. The fourth-order valence-corrected chi connectivity index (χ4v) is 2.71. The Bertz CT molecular complexity index is 504. The molecule has 1 amide bonds. The number of ether oxygens (including phenoxy) is 1. The molecular weight excluding hydrogens is 268 g/mol. The molecule has 5 heteroatoms. The fraction of sp³-hybridized carbons (Fsp3) is 0.562. The van der Waals surface area contributed by atoms with Crippen LogP contribution in [0.4, 0.5) is 0 Å². The Morgan fingerprint density at radius 2 is 2.24 bits per heavy atom. The zero-order valence-electron chi connectivity index (χ0n) is 12.7. The van der Waals surface area contributed by atoms with Gasteiger partial charge in [0.05, 0.1) is 12.5 Å². The maximum absolute atomic E-state index is 12.2. The van der Waals surface area contributed by atoms with E-state index in [0.29, 0.717) is 25.9 Å². The van der Waals surface area contributed by atoms with Gasteiger partial charge in [0.25, 0.3) is 0 Å². The van der Waals surface area contributed by atoms with Crippen molar-refractivity contribution in [1.29, 1.82) is 0 Å². The van der Waals surface area contributed by atoms with Gasteiger partial charge in [-0.3, -0.25) is 14.6 Å². The normalized spacial score (nSPS) is 21.3. The summed E-state index contributed by atoms with van der Waals surface area (Å²) in [5.74, 6) is -0.121. The van der Waals surface area contributed by atoms with Crippen molar-refractivity contribution in [2.45, 2.75) is 32.6 Å². The van der Waals surface area contributed by atoms with E-state index in [1.165, 1.54) is 7.11 Å². The van der Waals surface area contributed by atoms with E-state index in [1.807, 2.05) is 25.1 Å². The molecule has 2 rings (SSSR count). The van der Waals surface area contributed by atoms with Crippen LogP contribution in [0, 0.1) is 5.41 Å². The number of carbonyl (C=O) groups is 2. The number of esters is 1. The molecule has 2 heterocycles. The Labute approximate surface area is 125 Å². The molecule has 1 aliphatic rings. The SMILES string of the molecule is COC(=O)[C@]1(C)CCN(C(=O)CCCc2ccccn2)C1. The van der Waals surface area contributed by atoms with Crippen molar-refractivity contribution >= 4 is 11.9 Å². The molecule has 0 radical (unpaired) electrons. The van der Waals surface area contributed by atoms with Crippen LogP contribution in [0.3, 0.4) is 0 Å². The molecule has 1 saturated heterocycles. The van der Waals surface area contributed by atoms with Gasteiger partial charge in [-0.15, -0.1) is 0 Å². The lowest BCUT2D eigenvalue weighted by Crippen LogP contribution is -2.35. The lowest BCUT2D eigenvalue weighted by Gasteiger charge is -2.21. The molecule has 0 aromatic carbocycles. The predicted molar refractivity (Wildman–Crippen MR) is 78.5 cm³/mol. The topological polar surface area (TPSA) is 59.5 Å². The summed E-state index contributed by atoms with van der Waals surface area (Å²) in [5.41, 5.74) is 0.455. The highest BCUT2D eigenvalue weighted by Crippen LogP contribution is 2.31. The van der Waals surface area contributed by atoms with E-state index in [4.69, 9.17) is 4.74 Å². The molecule has 1 fully saturated rings. The number of amides is 1. The number of aryl methyl sites for hydroxylation is 1. The summed E-state index contributed by atoms with van der Waals surface area (Å²) in [6.45, 7) is 2.95. The third kappa shape index (κ3) is 3.80. The Kier molecular flexibility index (Phi) is 4.94. The first-order chi connectivity index (χ1) is 10.0. The van der Waals surface area contributed by atoms with E-state index in [9.17, 15) is 9.59 Å². The summed E-state index contributed by atoms with van der Waals surface area (Å²) in [4.78, 5) is 29.9. The smallest absolute Gasteiger partial charge is 0.313 e. The second-order valence-corrected chi connectivity index (χ2v) is 5.79. The van der Waals surface area contributed by atoms with Crippen LogP contribution in [0.25, 0.3) is 0 Å². The van der Waals surface area contributed by atoms with E-state index < -0.39 is 5.41 Å². The zero-order valence-corrected chi connectivity index (χ0v) is 12.7. The molecule has 1 aromatic rings. The van der Waals surface area contributed by atoms with Crippen molar-refractivity contribution in [1.82, 2.24) is 9.88 Å². The van der Waals surface area contributed by atoms with Gasteiger partial charge < -0.3 is 9.64 Å². The summed E-state index contributed by atoms with van der Waals surface area (Å²) in [6, 6.07) is 5.80. The van der Waals surface area contributed by atoms with Crippen LogP contribution in [0.15, 0.2) is 24.4 Å². The summed E-state index contributed by atoms with van der Waals surface area (Å²) < 4.78 is 4.82. The lowest BCUT2D eigenvalue weighted by molar-refractivity contribution is -0.151. The van der Waals surface area contributed by atoms with Gasteiger partial charge in [-0.05, 0) is 38.3 Å². The molecule has 0 spiro atoms.